The largest absolute Gasteiger partial charge is 0.292 e. The van der Waals surface area contributed by atoms with E-state index < -0.39 is 0 Å². The van der Waals surface area contributed by atoms with Gasteiger partial charge >= 0.3 is 0 Å². The van der Waals surface area contributed by atoms with Crippen LogP contribution in [0.2, 0.25) is 0 Å². The molecule has 0 heterocycles. The van der Waals surface area contributed by atoms with E-state index in [1.807, 2.05) is 60.7 Å². The van der Waals surface area contributed by atoms with Crippen molar-refractivity contribution in [3.05, 3.63) is 71.8 Å². The van der Waals surface area contributed by atoms with Gasteiger partial charge in [-0.3, -0.25) is 9.69 Å². The van der Waals surface area contributed by atoms with E-state index in [4.69, 9.17) is 0 Å². The Morgan fingerprint density at radius 2 is 1.40 bits per heavy atom. The second-order valence-electron chi connectivity index (χ2n) is 4.76. The molecule has 1 unspecified atom stereocenters. The number of rotatable bonds is 6. The molecule has 2 rings (SSSR count). The number of nitrogens with zero attached hydrogens (tertiary/aromatic N) is 1. The molecule has 0 bridgehead atoms. The number of Topliss-reactive ketones (excluding diaryl/α,β-unsaturated/α-hetero) is 1. The van der Waals surface area contributed by atoms with Crippen LogP contribution in [0.5, 0.6) is 0 Å². The van der Waals surface area contributed by atoms with Gasteiger partial charge in [0, 0.05) is 5.56 Å². The Morgan fingerprint density at radius 1 is 0.900 bits per heavy atom. The number of benzene rings is 2. The molecule has 0 spiro atoms. The fourth-order valence-electron chi connectivity index (χ4n) is 2.51. The first-order valence-electron chi connectivity index (χ1n) is 7.16. The third kappa shape index (κ3) is 3.14. The van der Waals surface area contributed by atoms with Gasteiger partial charge in [-0.2, -0.15) is 0 Å². The predicted molar refractivity (Wildman–Crippen MR) is 82.9 cm³/mol. The summed E-state index contributed by atoms with van der Waals surface area (Å²) in [5.41, 5.74) is 1.83. The highest BCUT2D eigenvalue weighted by molar-refractivity contribution is 6.00. The first kappa shape index (κ1) is 14.5. The summed E-state index contributed by atoms with van der Waals surface area (Å²) in [5, 5.41) is 0. The molecule has 2 aromatic carbocycles. The van der Waals surface area contributed by atoms with Crippen LogP contribution in [0.1, 0.15) is 35.8 Å². The predicted octanol–water partition coefficient (Wildman–Crippen LogP) is 3.95. The molecule has 2 heteroatoms. The molecule has 0 aliphatic heterocycles. The number of hydrogen-bond acceptors (Lipinski definition) is 2. The van der Waals surface area contributed by atoms with Crippen molar-refractivity contribution in [2.24, 2.45) is 0 Å². The molecule has 0 amide bonds. The zero-order valence-corrected chi connectivity index (χ0v) is 12.1. The lowest BCUT2D eigenvalue weighted by Crippen LogP contribution is -2.34. The summed E-state index contributed by atoms with van der Waals surface area (Å²) >= 11 is 0. The minimum atomic E-state index is -0.200. The zero-order chi connectivity index (χ0) is 14.4. The van der Waals surface area contributed by atoms with Crippen LogP contribution in [0.15, 0.2) is 60.7 Å². The second-order valence-corrected chi connectivity index (χ2v) is 4.76. The molecule has 0 fully saturated rings. The van der Waals surface area contributed by atoms with Gasteiger partial charge in [-0.1, -0.05) is 74.5 Å². The number of carbonyl (C=O) groups excluding carboxylic acids is 1. The van der Waals surface area contributed by atoms with Crippen molar-refractivity contribution in [1.82, 2.24) is 4.90 Å². The van der Waals surface area contributed by atoms with Crippen LogP contribution < -0.4 is 0 Å². The average molecular weight is 267 g/mol. The summed E-state index contributed by atoms with van der Waals surface area (Å²) in [6.07, 6.45) is 0. The Morgan fingerprint density at radius 3 is 1.90 bits per heavy atom. The second kappa shape index (κ2) is 7.01. The molecule has 0 radical (unpaired) electrons. The third-order valence-corrected chi connectivity index (χ3v) is 3.60. The third-order valence-electron chi connectivity index (χ3n) is 3.60. The molecule has 20 heavy (non-hydrogen) atoms. The van der Waals surface area contributed by atoms with Crippen LogP contribution in [-0.2, 0) is 0 Å². The Labute approximate surface area is 121 Å². The highest BCUT2D eigenvalue weighted by Gasteiger charge is 2.26. The first-order chi connectivity index (χ1) is 9.77. The molecule has 2 nitrogen and oxygen atoms in total. The van der Waals surface area contributed by atoms with Crippen LogP contribution in [0.3, 0.4) is 0 Å². The van der Waals surface area contributed by atoms with Gasteiger partial charge in [0.05, 0.1) is 6.04 Å². The van der Waals surface area contributed by atoms with Gasteiger partial charge in [-0.25, -0.2) is 0 Å². The maximum Gasteiger partial charge on any atom is 0.184 e. The van der Waals surface area contributed by atoms with E-state index in [-0.39, 0.29) is 11.8 Å². The molecular formula is C18H21NO. The zero-order valence-electron chi connectivity index (χ0n) is 12.1. The van der Waals surface area contributed by atoms with Crippen molar-refractivity contribution in [2.75, 3.05) is 13.1 Å². The van der Waals surface area contributed by atoms with Gasteiger partial charge in [0.2, 0.25) is 0 Å². The van der Waals surface area contributed by atoms with Gasteiger partial charge < -0.3 is 0 Å². The molecule has 2 aromatic rings. The van der Waals surface area contributed by atoms with Crippen molar-refractivity contribution in [3.63, 3.8) is 0 Å². The monoisotopic (exact) mass is 267 g/mol. The molecule has 0 saturated carbocycles. The van der Waals surface area contributed by atoms with Crippen LogP contribution in [0, 0.1) is 0 Å². The number of likely N-dealkylation sites (N-methyl/N-ethyl adjacent to an activating group) is 1. The van der Waals surface area contributed by atoms with E-state index in [9.17, 15) is 4.79 Å². The average Bonchev–Trinajstić information content (AvgIpc) is 2.53. The standard InChI is InChI=1S/C18H21NO/c1-3-19(4-2)17(15-11-7-5-8-12-15)18(20)16-13-9-6-10-14-16/h5-14,17H,3-4H2,1-2H3. The van der Waals surface area contributed by atoms with Crippen LogP contribution in [0.25, 0.3) is 0 Å². The van der Waals surface area contributed by atoms with E-state index in [2.05, 4.69) is 18.7 Å². The Hall–Kier alpha value is -1.93. The van der Waals surface area contributed by atoms with E-state index in [1.165, 1.54) is 0 Å². The fourth-order valence-corrected chi connectivity index (χ4v) is 2.51. The lowest BCUT2D eigenvalue weighted by atomic mass is 9.96. The topological polar surface area (TPSA) is 20.3 Å². The Balaban J connectivity index is 2.39. The molecule has 0 aliphatic carbocycles. The van der Waals surface area contributed by atoms with E-state index in [0.29, 0.717) is 0 Å². The van der Waals surface area contributed by atoms with Crippen molar-refractivity contribution in [3.8, 4) is 0 Å². The lowest BCUT2D eigenvalue weighted by Gasteiger charge is -2.29. The SMILES string of the molecule is CCN(CC)C(C(=O)c1ccccc1)c1ccccc1. The van der Waals surface area contributed by atoms with Crippen LogP contribution >= 0.6 is 0 Å². The van der Waals surface area contributed by atoms with Crippen LogP contribution in [0.4, 0.5) is 0 Å². The maximum atomic E-state index is 12.9. The molecular weight excluding hydrogens is 246 g/mol. The summed E-state index contributed by atoms with van der Waals surface area (Å²) in [6.45, 7) is 5.90. The van der Waals surface area contributed by atoms with Crippen LogP contribution in [-0.4, -0.2) is 23.8 Å². The normalized spacial score (nSPS) is 12.3. The van der Waals surface area contributed by atoms with Crippen molar-refractivity contribution < 1.29 is 4.79 Å². The molecule has 1 atom stereocenters. The molecule has 0 saturated heterocycles. The highest BCUT2D eigenvalue weighted by Crippen LogP contribution is 2.24. The van der Waals surface area contributed by atoms with Gasteiger partial charge in [-0.05, 0) is 18.7 Å². The number of carbonyl (C=O) groups is 1. The Bertz CT molecular complexity index is 532. The molecule has 0 N–H and O–H groups in total. The molecule has 0 aromatic heterocycles. The Kier molecular flexibility index (Phi) is 5.08. The smallest absolute Gasteiger partial charge is 0.184 e. The summed E-state index contributed by atoms with van der Waals surface area (Å²) < 4.78 is 0. The quantitative estimate of drug-likeness (QED) is 0.739. The van der Waals surface area contributed by atoms with E-state index in [0.717, 1.165) is 24.2 Å². The minimum Gasteiger partial charge on any atom is -0.292 e. The van der Waals surface area contributed by atoms with Crippen molar-refractivity contribution >= 4 is 5.78 Å². The van der Waals surface area contributed by atoms with Crippen molar-refractivity contribution in [2.45, 2.75) is 19.9 Å². The summed E-state index contributed by atoms with van der Waals surface area (Å²) in [4.78, 5) is 15.1. The fraction of sp³-hybridized carbons (Fsp3) is 0.278. The molecule has 0 aliphatic rings. The lowest BCUT2D eigenvalue weighted by molar-refractivity contribution is 0.0831. The number of ketones is 1. The number of hydrogen-bond donors (Lipinski definition) is 0. The van der Waals surface area contributed by atoms with E-state index in [1.54, 1.807) is 0 Å². The van der Waals surface area contributed by atoms with Crippen molar-refractivity contribution in [1.29, 1.82) is 0 Å². The van der Waals surface area contributed by atoms with Gasteiger partial charge in [0.25, 0.3) is 0 Å². The molecule has 104 valence electrons. The van der Waals surface area contributed by atoms with Gasteiger partial charge in [0.15, 0.2) is 5.78 Å². The summed E-state index contributed by atoms with van der Waals surface area (Å²) in [5.74, 6) is 0.167. The van der Waals surface area contributed by atoms with E-state index >= 15 is 0 Å². The van der Waals surface area contributed by atoms with Gasteiger partial charge in [-0.15, -0.1) is 0 Å². The van der Waals surface area contributed by atoms with Gasteiger partial charge in [0.1, 0.15) is 0 Å². The minimum absolute atomic E-state index is 0.167. The summed E-state index contributed by atoms with van der Waals surface area (Å²) in [7, 11) is 0. The highest BCUT2D eigenvalue weighted by atomic mass is 16.1. The maximum absolute atomic E-state index is 12.9. The summed E-state index contributed by atoms with van der Waals surface area (Å²) in [6, 6.07) is 19.4. The first-order valence-corrected chi connectivity index (χ1v) is 7.16.